The van der Waals surface area contributed by atoms with Gasteiger partial charge in [-0.25, -0.2) is 9.37 Å². The number of fused-ring (bicyclic) bond motifs is 1. The predicted molar refractivity (Wildman–Crippen MR) is 93.2 cm³/mol. The Labute approximate surface area is 145 Å². The van der Waals surface area contributed by atoms with Crippen LogP contribution in [0.3, 0.4) is 0 Å². The number of aryl methyl sites for hydroxylation is 1. The van der Waals surface area contributed by atoms with Gasteiger partial charge < -0.3 is 20.9 Å². The Morgan fingerprint density at radius 2 is 2.04 bits per heavy atom. The highest BCUT2D eigenvalue weighted by molar-refractivity contribution is 5.87. The zero-order valence-corrected chi connectivity index (χ0v) is 14.7. The number of amides is 2. The largest absolute Gasteiger partial charge is 0.354 e. The van der Waals surface area contributed by atoms with Crippen molar-refractivity contribution in [3.8, 4) is 0 Å². The first-order valence-electron chi connectivity index (χ1n) is 8.20. The monoisotopic (exact) mass is 349 g/mol. The number of nitrogens with two attached hydrogens (primary N) is 1. The second kappa shape index (κ2) is 8.06. The van der Waals surface area contributed by atoms with E-state index in [9.17, 15) is 14.0 Å². The third-order valence-corrected chi connectivity index (χ3v) is 4.05. The molecule has 0 radical (unpaired) electrons. The Balaban J connectivity index is 1.82. The van der Waals surface area contributed by atoms with Gasteiger partial charge in [0.05, 0.1) is 23.6 Å². The maximum absolute atomic E-state index is 13.3. The third kappa shape index (κ3) is 4.76. The highest BCUT2D eigenvalue weighted by Gasteiger charge is 2.17. The quantitative estimate of drug-likeness (QED) is 0.676. The van der Waals surface area contributed by atoms with E-state index >= 15 is 0 Å². The maximum Gasteiger partial charge on any atom is 0.239 e. The summed E-state index contributed by atoms with van der Waals surface area (Å²) >= 11 is 0. The Hall–Kier alpha value is -2.48. The molecule has 0 fully saturated rings. The molecule has 1 heterocycles. The number of aromatic nitrogens is 2. The van der Waals surface area contributed by atoms with Crippen LogP contribution in [-0.2, 0) is 23.1 Å². The van der Waals surface area contributed by atoms with E-state index in [0.717, 1.165) is 5.82 Å². The van der Waals surface area contributed by atoms with Crippen molar-refractivity contribution in [1.29, 1.82) is 0 Å². The van der Waals surface area contributed by atoms with Gasteiger partial charge in [-0.3, -0.25) is 9.59 Å². The van der Waals surface area contributed by atoms with Crippen molar-refractivity contribution in [2.45, 2.75) is 26.3 Å². The lowest BCUT2D eigenvalue weighted by Crippen LogP contribution is -2.47. The highest BCUT2D eigenvalue weighted by Crippen LogP contribution is 2.16. The van der Waals surface area contributed by atoms with Gasteiger partial charge >= 0.3 is 0 Å². The number of nitrogens with zero attached hydrogens (tertiary/aromatic N) is 2. The molecule has 2 rings (SSSR count). The molecule has 4 N–H and O–H groups in total. The van der Waals surface area contributed by atoms with Crippen LogP contribution in [0.15, 0.2) is 18.2 Å². The van der Waals surface area contributed by atoms with Crippen LogP contribution in [0.25, 0.3) is 11.0 Å². The van der Waals surface area contributed by atoms with Crippen molar-refractivity contribution in [2.75, 3.05) is 13.1 Å². The number of nitrogens with one attached hydrogen (secondary N) is 2. The van der Waals surface area contributed by atoms with Crippen LogP contribution in [0.2, 0.25) is 0 Å². The zero-order chi connectivity index (χ0) is 18.6. The van der Waals surface area contributed by atoms with Gasteiger partial charge in [-0.05, 0) is 24.1 Å². The van der Waals surface area contributed by atoms with E-state index in [4.69, 9.17) is 5.73 Å². The SMILES string of the molecule is CC(C)[C@H](N)C(=O)NCC(=O)NCCc1nc2ccc(F)cc2n1C. The molecular formula is C17H24FN5O2. The van der Waals surface area contributed by atoms with Gasteiger partial charge in [0.2, 0.25) is 11.8 Å². The molecule has 0 unspecified atom stereocenters. The summed E-state index contributed by atoms with van der Waals surface area (Å²) in [6.07, 6.45) is 0.498. The topological polar surface area (TPSA) is 102 Å². The first-order chi connectivity index (χ1) is 11.8. The average Bonchev–Trinajstić information content (AvgIpc) is 2.88. The van der Waals surface area contributed by atoms with Crippen molar-refractivity contribution in [2.24, 2.45) is 18.7 Å². The summed E-state index contributed by atoms with van der Waals surface area (Å²) in [5.74, 6) is -0.209. The molecular weight excluding hydrogens is 325 g/mol. The molecule has 7 nitrogen and oxygen atoms in total. The summed E-state index contributed by atoms with van der Waals surface area (Å²) in [4.78, 5) is 27.9. The van der Waals surface area contributed by atoms with Crippen LogP contribution in [0.4, 0.5) is 4.39 Å². The van der Waals surface area contributed by atoms with E-state index in [2.05, 4.69) is 15.6 Å². The molecule has 0 aliphatic carbocycles. The molecule has 8 heteroatoms. The van der Waals surface area contributed by atoms with Gasteiger partial charge in [-0.2, -0.15) is 0 Å². The molecule has 0 aliphatic rings. The number of benzene rings is 1. The number of imidazole rings is 1. The lowest BCUT2D eigenvalue weighted by Gasteiger charge is -2.15. The maximum atomic E-state index is 13.3. The fourth-order valence-corrected chi connectivity index (χ4v) is 2.40. The number of carbonyl (C=O) groups is 2. The smallest absolute Gasteiger partial charge is 0.239 e. The normalized spacial score (nSPS) is 12.4. The number of hydrogen-bond acceptors (Lipinski definition) is 4. The van der Waals surface area contributed by atoms with E-state index in [0.29, 0.717) is 24.0 Å². The Bertz CT molecular complexity index is 772. The molecule has 1 atom stereocenters. The number of hydrogen-bond donors (Lipinski definition) is 3. The summed E-state index contributed by atoms with van der Waals surface area (Å²) in [6.45, 7) is 3.93. The second-order valence-electron chi connectivity index (χ2n) is 6.31. The number of halogens is 1. The summed E-state index contributed by atoms with van der Waals surface area (Å²) in [6, 6.07) is 3.79. The Kier molecular flexibility index (Phi) is 6.08. The van der Waals surface area contributed by atoms with Gasteiger partial charge in [-0.1, -0.05) is 13.8 Å². The molecule has 25 heavy (non-hydrogen) atoms. The minimum Gasteiger partial charge on any atom is -0.354 e. The first kappa shape index (κ1) is 18.9. The zero-order valence-electron chi connectivity index (χ0n) is 14.7. The fraction of sp³-hybridized carbons (Fsp3) is 0.471. The molecule has 0 saturated carbocycles. The predicted octanol–water partition coefficient (Wildman–Crippen LogP) is 0.471. The molecule has 136 valence electrons. The van der Waals surface area contributed by atoms with Crippen LogP contribution >= 0.6 is 0 Å². The summed E-state index contributed by atoms with van der Waals surface area (Å²) in [5.41, 5.74) is 7.12. The average molecular weight is 349 g/mol. The molecule has 0 aliphatic heterocycles. The second-order valence-corrected chi connectivity index (χ2v) is 6.31. The Morgan fingerprint density at radius 3 is 2.72 bits per heavy atom. The first-order valence-corrected chi connectivity index (χ1v) is 8.20. The van der Waals surface area contributed by atoms with Gasteiger partial charge in [-0.15, -0.1) is 0 Å². The van der Waals surface area contributed by atoms with Gasteiger partial charge in [0.15, 0.2) is 0 Å². The summed E-state index contributed by atoms with van der Waals surface area (Å²) < 4.78 is 15.1. The van der Waals surface area contributed by atoms with E-state index in [1.54, 1.807) is 17.7 Å². The standard InChI is InChI=1S/C17H24FN5O2/c1-10(2)16(19)17(25)21-9-15(24)20-7-6-14-22-12-5-4-11(18)8-13(12)23(14)3/h4-5,8,10,16H,6-7,9,19H2,1-3H3,(H,20,24)(H,21,25)/t16-/m0/s1. The van der Waals surface area contributed by atoms with Crippen LogP contribution in [0.1, 0.15) is 19.7 Å². The van der Waals surface area contributed by atoms with Gasteiger partial charge in [0, 0.05) is 20.0 Å². The molecule has 2 amide bonds. The molecule has 2 aromatic rings. The third-order valence-electron chi connectivity index (χ3n) is 4.05. The van der Waals surface area contributed by atoms with Crippen LogP contribution in [0.5, 0.6) is 0 Å². The molecule has 0 saturated heterocycles. The van der Waals surface area contributed by atoms with Gasteiger partial charge in [0.1, 0.15) is 11.6 Å². The molecule has 1 aromatic heterocycles. The lowest BCUT2D eigenvalue weighted by atomic mass is 10.1. The van der Waals surface area contributed by atoms with E-state index < -0.39 is 6.04 Å². The number of carbonyl (C=O) groups excluding carboxylic acids is 2. The summed E-state index contributed by atoms with van der Waals surface area (Å²) in [7, 11) is 1.81. The highest BCUT2D eigenvalue weighted by atomic mass is 19.1. The van der Waals surface area contributed by atoms with E-state index in [1.807, 2.05) is 13.8 Å². The fourth-order valence-electron chi connectivity index (χ4n) is 2.40. The Morgan fingerprint density at radius 1 is 1.32 bits per heavy atom. The lowest BCUT2D eigenvalue weighted by molar-refractivity contribution is -0.127. The van der Waals surface area contributed by atoms with Crippen LogP contribution < -0.4 is 16.4 Å². The molecule has 0 spiro atoms. The van der Waals surface area contributed by atoms with E-state index in [1.165, 1.54) is 12.1 Å². The molecule has 1 aromatic carbocycles. The number of rotatable bonds is 7. The molecule has 0 bridgehead atoms. The minimum atomic E-state index is -0.631. The van der Waals surface area contributed by atoms with Crippen LogP contribution in [-0.4, -0.2) is 40.5 Å². The van der Waals surface area contributed by atoms with Crippen molar-refractivity contribution < 1.29 is 14.0 Å². The summed E-state index contributed by atoms with van der Waals surface area (Å²) in [5, 5.41) is 5.23. The van der Waals surface area contributed by atoms with Crippen molar-refractivity contribution in [3.05, 3.63) is 29.8 Å². The van der Waals surface area contributed by atoms with Crippen molar-refractivity contribution in [3.63, 3.8) is 0 Å². The van der Waals surface area contributed by atoms with Crippen molar-refractivity contribution in [1.82, 2.24) is 20.2 Å². The van der Waals surface area contributed by atoms with E-state index in [-0.39, 0.29) is 30.1 Å². The van der Waals surface area contributed by atoms with Crippen LogP contribution in [0, 0.1) is 11.7 Å². The van der Waals surface area contributed by atoms with Gasteiger partial charge in [0.25, 0.3) is 0 Å². The minimum absolute atomic E-state index is 0.00504. The van der Waals surface area contributed by atoms with Crippen molar-refractivity contribution >= 4 is 22.8 Å².